The fraction of sp³-hybridized carbons (Fsp3) is 0.282. The number of aromatic hydroxyl groups is 1. The van der Waals surface area contributed by atoms with Crippen molar-refractivity contribution in [2.75, 3.05) is 25.1 Å². The Kier molecular flexibility index (Phi) is 11.4. The molecular weight excluding hydrogens is 672 g/mol. The maximum Gasteiger partial charge on any atom is 0.410 e. The lowest BCUT2D eigenvalue weighted by Gasteiger charge is -2.39. The molecule has 52 heavy (non-hydrogen) atoms. The van der Waals surface area contributed by atoms with Crippen LogP contribution in [0.25, 0.3) is 28.3 Å². The Morgan fingerprint density at radius 1 is 1.08 bits per heavy atom. The summed E-state index contributed by atoms with van der Waals surface area (Å²) >= 11 is 0. The minimum absolute atomic E-state index is 0.0436. The molecule has 1 aromatic heterocycles. The predicted octanol–water partition coefficient (Wildman–Crippen LogP) is 7.20. The van der Waals surface area contributed by atoms with Crippen molar-refractivity contribution in [2.24, 2.45) is 0 Å². The van der Waals surface area contributed by atoms with Crippen molar-refractivity contribution in [1.82, 2.24) is 15.4 Å². The minimum atomic E-state index is -0.801. The Morgan fingerprint density at radius 3 is 2.37 bits per heavy atom. The zero-order valence-electron chi connectivity index (χ0n) is 29.2. The summed E-state index contributed by atoms with van der Waals surface area (Å²) in [7, 11) is 1.41. The van der Waals surface area contributed by atoms with E-state index in [-0.39, 0.29) is 46.6 Å². The number of hydroxylamine groups is 1. The van der Waals surface area contributed by atoms with Gasteiger partial charge in [0, 0.05) is 49.1 Å². The maximum atomic E-state index is 16.8. The van der Waals surface area contributed by atoms with E-state index in [1.54, 1.807) is 60.9 Å². The smallest absolute Gasteiger partial charge is 0.410 e. The van der Waals surface area contributed by atoms with Gasteiger partial charge in [-0.3, -0.25) is 10.0 Å². The van der Waals surface area contributed by atoms with Crippen molar-refractivity contribution in [2.45, 2.75) is 51.8 Å². The number of anilines is 1. The van der Waals surface area contributed by atoms with Gasteiger partial charge in [0.15, 0.2) is 23.1 Å². The second kappa shape index (κ2) is 15.9. The van der Waals surface area contributed by atoms with Crippen LogP contribution in [0.3, 0.4) is 0 Å². The van der Waals surface area contributed by atoms with Crippen molar-refractivity contribution >= 4 is 23.9 Å². The molecule has 270 valence electrons. The van der Waals surface area contributed by atoms with Gasteiger partial charge in [-0.2, -0.15) is 5.26 Å². The highest BCUT2D eigenvalue weighted by Gasteiger charge is 2.33. The lowest BCUT2D eigenvalue weighted by molar-refractivity contribution is -0.124. The first kappa shape index (κ1) is 37.3. The molecule has 1 saturated heterocycles. The van der Waals surface area contributed by atoms with Gasteiger partial charge in [-0.05, 0) is 86.2 Å². The predicted molar refractivity (Wildman–Crippen MR) is 190 cm³/mol. The third-order valence-corrected chi connectivity index (χ3v) is 8.57. The van der Waals surface area contributed by atoms with Crippen molar-refractivity contribution in [3.63, 3.8) is 0 Å². The van der Waals surface area contributed by atoms with Crippen molar-refractivity contribution in [1.29, 1.82) is 5.26 Å². The number of amides is 2. The fourth-order valence-electron chi connectivity index (χ4n) is 6.01. The Hall–Kier alpha value is -6.00. The van der Waals surface area contributed by atoms with Crippen molar-refractivity contribution in [3.05, 3.63) is 101 Å². The second-order valence-electron chi connectivity index (χ2n) is 13.3. The average Bonchev–Trinajstić information content (AvgIpc) is 3.12. The molecule has 0 aliphatic carbocycles. The number of benzene rings is 3. The number of phenols is 1. The molecule has 1 aliphatic heterocycles. The highest BCUT2D eigenvalue weighted by Crippen LogP contribution is 2.41. The van der Waals surface area contributed by atoms with Crippen LogP contribution in [0, 0.1) is 23.0 Å². The Labute approximate surface area is 300 Å². The third kappa shape index (κ3) is 8.65. The minimum Gasteiger partial charge on any atom is -0.504 e. The summed E-state index contributed by atoms with van der Waals surface area (Å²) in [5.41, 5.74) is 3.11. The molecule has 13 heteroatoms. The molecule has 11 nitrogen and oxygen atoms in total. The number of nitrogens with one attached hydrogen (secondary N) is 1. The Balaban J connectivity index is 1.43. The summed E-state index contributed by atoms with van der Waals surface area (Å²) < 4.78 is 42.5. The number of carbonyl (C=O) groups is 2. The van der Waals surface area contributed by atoms with Crippen LogP contribution < -0.4 is 15.1 Å². The Morgan fingerprint density at radius 2 is 1.77 bits per heavy atom. The lowest BCUT2D eigenvalue weighted by Crippen LogP contribution is -2.48. The fourth-order valence-corrected chi connectivity index (χ4v) is 6.01. The van der Waals surface area contributed by atoms with Crippen LogP contribution in [0.5, 0.6) is 11.5 Å². The number of nitrogens with zero attached hydrogens (tertiary/aromatic N) is 4. The molecule has 0 bridgehead atoms. The first-order valence-corrected chi connectivity index (χ1v) is 16.5. The number of carbonyl (C=O) groups excluding carboxylic acids is 2. The molecule has 2 heterocycles. The number of hydrogen-bond donors (Lipinski definition) is 3. The van der Waals surface area contributed by atoms with Gasteiger partial charge in [-0.15, -0.1) is 0 Å². The van der Waals surface area contributed by atoms with Crippen molar-refractivity contribution < 1.29 is 38.2 Å². The molecule has 5 rings (SSSR count). The largest absolute Gasteiger partial charge is 0.504 e. The molecule has 0 spiro atoms. The number of ether oxygens (including phenoxy) is 2. The van der Waals surface area contributed by atoms with Crippen LogP contribution in [0.15, 0.2) is 72.9 Å². The number of phenolic OH excluding ortho intramolecular Hbond substituents is 1. The summed E-state index contributed by atoms with van der Waals surface area (Å²) in [6.07, 6.45) is 4.64. The summed E-state index contributed by atoms with van der Waals surface area (Å²) in [6.45, 7) is 6.29. The molecule has 1 aliphatic rings. The van der Waals surface area contributed by atoms with E-state index >= 15 is 4.39 Å². The van der Waals surface area contributed by atoms with Gasteiger partial charge in [0.05, 0.1) is 12.7 Å². The topological polar surface area (TPSA) is 148 Å². The van der Waals surface area contributed by atoms with Gasteiger partial charge in [0.1, 0.15) is 17.5 Å². The molecule has 0 unspecified atom stereocenters. The summed E-state index contributed by atoms with van der Waals surface area (Å²) in [5.74, 6) is -2.06. The normalized spacial score (nSPS) is 13.5. The molecule has 2 amide bonds. The molecule has 0 atom stereocenters. The SMILES string of the molecule is COc1ccc(-c2cnc(N3CCC(N(Cc4ccc(/C=C/C(=O)NO)cc4)C(=O)OC(C)(C)C)CC3)c(F)c2-c2ccc(C#N)c(F)c2)cc1O. The number of aromatic nitrogens is 1. The number of methoxy groups -OCH3 is 1. The summed E-state index contributed by atoms with van der Waals surface area (Å²) in [4.78, 5) is 32.8. The van der Waals surface area contributed by atoms with E-state index in [1.807, 2.05) is 12.1 Å². The average molecular weight is 712 g/mol. The van der Waals surface area contributed by atoms with E-state index in [2.05, 4.69) is 4.98 Å². The maximum absolute atomic E-state index is 16.8. The zero-order valence-corrected chi connectivity index (χ0v) is 29.2. The molecule has 1 fully saturated rings. The van der Waals surface area contributed by atoms with Crippen LogP contribution in [-0.2, 0) is 16.1 Å². The lowest BCUT2D eigenvalue weighted by atomic mass is 9.94. The van der Waals surface area contributed by atoms with Crippen LogP contribution in [0.2, 0.25) is 0 Å². The van der Waals surface area contributed by atoms with Gasteiger partial charge in [-0.25, -0.2) is 24.0 Å². The second-order valence-corrected chi connectivity index (χ2v) is 13.3. The molecule has 4 aromatic rings. The van der Waals surface area contributed by atoms with Crippen LogP contribution in [-0.4, -0.2) is 64.0 Å². The number of halogens is 2. The van der Waals surface area contributed by atoms with E-state index in [0.717, 1.165) is 17.2 Å². The first-order chi connectivity index (χ1) is 24.8. The monoisotopic (exact) mass is 711 g/mol. The number of piperidine rings is 1. The quantitative estimate of drug-likeness (QED) is 0.0931. The number of pyridine rings is 1. The third-order valence-electron chi connectivity index (χ3n) is 8.57. The zero-order chi connectivity index (χ0) is 37.6. The summed E-state index contributed by atoms with van der Waals surface area (Å²) in [6, 6.07) is 17.2. The molecular formula is C39H39F2N5O6. The first-order valence-electron chi connectivity index (χ1n) is 16.5. The highest BCUT2D eigenvalue weighted by atomic mass is 19.1. The standard InChI is InChI=1S/C39H39F2N5O6/c1-39(2,3)52-38(49)46(23-25-7-5-24(6-8-25)9-14-34(48)44-50)29-15-17-45(18-16-29)37-36(41)35(27-10-11-28(21-42)31(40)19-27)30(22-43-37)26-12-13-33(51-4)32(47)20-26/h5-14,19-20,22,29,47,50H,15-18,23H2,1-4H3,(H,44,48)/b14-9+. The number of hydrogen-bond acceptors (Lipinski definition) is 9. The van der Waals surface area contributed by atoms with E-state index in [9.17, 15) is 24.3 Å². The van der Waals surface area contributed by atoms with Gasteiger partial charge in [0.25, 0.3) is 5.91 Å². The van der Waals surface area contributed by atoms with Gasteiger partial charge in [0.2, 0.25) is 0 Å². The van der Waals surface area contributed by atoms with Gasteiger partial charge < -0.3 is 24.4 Å². The van der Waals surface area contributed by atoms with Crippen molar-refractivity contribution in [3.8, 4) is 39.8 Å². The van der Waals surface area contributed by atoms with E-state index in [4.69, 9.17) is 14.7 Å². The molecule has 0 radical (unpaired) electrons. The van der Waals surface area contributed by atoms with E-state index in [0.29, 0.717) is 37.1 Å². The Bertz CT molecular complexity index is 2020. The number of nitriles is 1. The van der Waals surface area contributed by atoms with E-state index in [1.165, 1.54) is 49.1 Å². The highest BCUT2D eigenvalue weighted by molar-refractivity contribution is 5.90. The molecule has 0 saturated carbocycles. The summed E-state index contributed by atoms with van der Waals surface area (Å²) in [5, 5.41) is 28.5. The van der Waals surface area contributed by atoms with Crippen LogP contribution in [0.4, 0.5) is 19.4 Å². The van der Waals surface area contributed by atoms with Gasteiger partial charge >= 0.3 is 6.09 Å². The number of rotatable bonds is 9. The molecule has 3 N–H and O–H groups in total. The van der Waals surface area contributed by atoms with Crippen LogP contribution in [0.1, 0.15) is 50.3 Å². The van der Waals surface area contributed by atoms with Crippen LogP contribution >= 0.6 is 0 Å². The van der Waals surface area contributed by atoms with Gasteiger partial charge in [-0.1, -0.05) is 36.4 Å². The molecule has 3 aromatic carbocycles. The van der Waals surface area contributed by atoms with E-state index < -0.39 is 29.2 Å².